The molecule has 5 rings (SSSR count). The molecule has 6 nitrogen and oxygen atoms in total. The Hall–Kier alpha value is -1.84. The normalized spacial score (nSPS) is 16.9. The van der Waals surface area contributed by atoms with Crippen LogP contribution in [0.15, 0.2) is 22.2 Å². The molecular formula is C18H17N5OS3. The molecule has 0 saturated carbocycles. The predicted molar refractivity (Wildman–Crippen MR) is 110 cm³/mol. The molecule has 0 N–H and O–H groups in total. The predicted octanol–water partition coefficient (Wildman–Crippen LogP) is 3.88. The first-order chi connectivity index (χ1) is 13.1. The van der Waals surface area contributed by atoms with Crippen LogP contribution in [0.5, 0.6) is 0 Å². The molecule has 27 heavy (non-hydrogen) atoms. The first kappa shape index (κ1) is 17.3. The number of nitrogens with zero attached hydrogens (tertiary/aromatic N) is 5. The summed E-state index contributed by atoms with van der Waals surface area (Å²) in [6, 6.07) is 1.51. The first-order valence-electron chi connectivity index (χ1n) is 8.83. The van der Waals surface area contributed by atoms with Crippen LogP contribution in [0.4, 0.5) is 0 Å². The zero-order chi connectivity index (χ0) is 18.5. The van der Waals surface area contributed by atoms with E-state index in [4.69, 9.17) is 0 Å². The van der Waals surface area contributed by atoms with Gasteiger partial charge in [-0.2, -0.15) is 9.61 Å². The minimum absolute atomic E-state index is 0.129. The maximum atomic E-state index is 12.1. The van der Waals surface area contributed by atoms with Crippen molar-refractivity contribution in [2.24, 2.45) is 5.92 Å². The standard InChI is InChI=1S/C18H17N5OS3/c1-9-3-4-11-12(5-9)26-17-15(11)16(19-8-20-17)25-7-13-22-23-14(24)6-10(2)21-18(23)27-13/h6,8-9H,3-5,7H2,1-2H3/t9-/m0/s1. The van der Waals surface area contributed by atoms with Crippen molar-refractivity contribution in [1.82, 2.24) is 24.6 Å². The van der Waals surface area contributed by atoms with Gasteiger partial charge in [0.1, 0.15) is 21.2 Å². The largest absolute Gasteiger partial charge is 0.275 e. The third kappa shape index (κ3) is 3.07. The van der Waals surface area contributed by atoms with Gasteiger partial charge in [-0.3, -0.25) is 4.79 Å². The van der Waals surface area contributed by atoms with E-state index in [0.29, 0.717) is 10.7 Å². The zero-order valence-electron chi connectivity index (χ0n) is 14.9. The lowest BCUT2D eigenvalue weighted by atomic mass is 9.89. The summed E-state index contributed by atoms with van der Waals surface area (Å²) in [5.41, 5.74) is 2.03. The Morgan fingerprint density at radius 3 is 3.11 bits per heavy atom. The Kier molecular flexibility index (Phi) is 4.25. The van der Waals surface area contributed by atoms with Crippen LogP contribution in [-0.4, -0.2) is 24.6 Å². The van der Waals surface area contributed by atoms with E-state index >= 15 is 0 Å². The number of aromatic nitrogens is 5. The Morgan fingerprint density at radius 1 is 1.33 bits per heavy atom. The van der Waals surface area contributed by atoms with E-state index in [9.17, 15) is 4.79 Å². The highest BCUT2D eigenvalue weighted by molar-refractivity contribution is 7.98. The summed E-state index contributed by atoms with van der Waals surface area (Å²) in [6.07, 6.45) is 5.14. The fourth-order valence-corrected chi connectivity index (χ4v) is 6.88. The molecule has 1 aliphatic rings. The summed E-state index contributed by atoms with van der Waals surface area (Å²) < 4.78 is 1.39. The summed E-state index contributed by atoms with van der Waals surface area (Å²) in [4.78, 5) is 28.7. The summed E-state index contributed by atoms with van der Waals surface area (Å²) in [7, 11) is 0. The molecule has 1 aliphatic carbocycles. The molecule has 0 saturated heterocycles. The lowest BCUT2D eigenvalue weighted by Gasteiger charge is -2.18. The average Bonchev–Trinajstić information content (AvgIpc) is 3.20. The maximum absolute atomic E-state index is 12.1. The molecular weight excluding hydrogens is 398 g/mol. The van der Waals surface area contributed by atoms with Crippen LogP contribution in [0.2, 0.25) is 0 Å². The third-order valence-corrected chi connectivity index (χ3v) is 8.06. The van der Waals surface area contributed by atoms with E-state index in [2.05, 4.69) is 27.0 Å². The molecule has 0 radical (unpaired) electrons. The number of hydrogen-bond acceptors (Lipinski definition) is 8. The van der Waals surface area contributed by atoms with E-state index in [0.717, 1.165) is 39.3 Å². The highest BCUT2D eigenvalue weighted by atomic mass is 32.2. The Labute approximate surface area is 167 Å². The second-order valence-corrected chi connectivity index (χ2v) is 10.0. The van der Waals surface area contributed by atoms with Gasteiger partial charge in [-0.1, -0.05) is 30.0 Å². The van der Waals surface area contributed by atoms with Gasteiger partial charge in [0.2, 0.25) is 4.96 Å². The molecule has 0 aliphatic heterocycles. The molecule has 0 fully saturated rings. The Bertz CT molecular complexity index is 1230. The number of rotatable bonds is 3. The second kappa shape index (κ2) is 6.65. The number of hydrogen-bond donors (Lipinski definition) is 0. The van der Waals surface area contributed by atoms with Gasteiger partial charge in [-0.15, -0.1) is 11.3 Å². The summed E-state index contributed by atoms with van der Waals surface area (Å²) in [5.74, 6) is 1.41. The molecule has 0 amide bonds. The number of thioether (sulfide) groups is 1. The SMILES string of the molecule is Cc1cc(=O)n2nc(CSc3ncnc4sc5c(c34)CC[C@H](C)C5)sc2n1. The van der Waals surface area contributed by atoms with Gasteiger partial charge in [0.25, 0.3) is 5.56 Å². The minimum Gasteiger partial charge on any atom is -0.267 e. The van der Waals surface area contributed by atoms with Gasteiger partial charge in [0.05, 0.1) is 5.75 Å². The summed E-state index contributed by atoms with van der Waals surface area (Å²) in [6.45, 7) is 4.15. The fourth-order valence-electron chi connectivity index (χ4n) is 3.50. The first-order valence-corrected chi connectivity index (χ1v) is 11.4. The van der Waals surface area contributed by atoms with Crippen molar-refractivity contribution < 1.29 is 0 Å². The van der Waals surface area contributed by atoms with Crippen LogP contribution in [0.1, 0.15) is 34.5 Å². The summed E-state index contributed by atoms with van der Waals surface area (Å²) >= 11 is 4.94. The van der Waals surface area contributed by atoms with E-state index in [1.54, 1.807) is 18.1 Å². The van der Waals surface area contributed by atoms with Crippen LogP contribution in [0, 0.1) is 12.8 Å². The van der Waals surface area contributed by atoms with Crippen molar-refractivity contribution in [3.63, 3.8) is 0 Å². The van der Waals surface area contributed by atoms with Crippen molar-refractivity contribution >= 4 is 49.6 Å². The van der Waals surface area contributed by atoms with E-state index in [1.807, 2.05) is 18.3 Å². The van der Waals surface area contributed by atoms with Gasteiger partial charge < -0.3 is 0 Å². The van der Waals surface area contributed by atoms with Crippen LogP contribution >= 0.6 is 34.4 Å². The molecule has 0 spiro atoms. The number of aryl methyl sites for hydroxylation is 2. The Balaban J connectivity index is 1.49. The van der Waals surface area contributed by atoms with Crippen LogP contribution in [-0.2, 0) is 18.6 Å². The van der Waals surface area contributed by atoms with Gasteiger partial charge in [-0.05, 0) is 37.7 Å². The number of fused-ring (bicyclic) bond motifs is 4. The van der Waals surface area contributed by atoms with E-state index in [-0.39, 0.29) is 5.56 Å². The molecule has 4 aromatic heterocycles. The highest BCUT2D eigenvalue weighted by Gasteiger charge is 2.23. The Morgan fingerprint density at radius 2 is 2.22 bits per heavy atom. The smallest absolute Gasteiger partial charge is 0.267 e. The quantitative estimate of drug-likeness (QED) is 0.373. The minimum atomic E-state index is -0.129. The highest BCUT2D eigenvalue weighted by Crippen LogP contribution is 2.41. The zero-order valence-corrected chi connectivity index (χ0v) is 17.4. The third-order valence-electron chi connectivity index (χ3n) is 4.80. The van der Waals surface area contributed by atoms with Crippen molar-refractivity contribution in [2.45, 2.75) is 43.9 Å². The van der Waals surface area contributed by atoms with Crippen molar-refractivity contribution in [1.29, 1.82) is 0 Å². The second-order valence-electron chi connectivity index (χ2n) is 6.93. The number of thiophene rings is 1. The van der Waals surface area contributed by atoms with Crippen molar-refractivity contribution in [2.75, 3.05) is 0 Å². The van der Waals surface area contributed by atoms with Gasteiger partial charge in [0, 0.05) is 22.0 Å². The molecule has 1 atom stereocenters. The topological polar surface area (TPSA) is 73.0 Å². The molecule has 4 heterocycles. The molecule has 0 aromatic carbocycles. The van der Waals surface area contributed by atoms with Crippen LogP contribution in [0.25, 0.3) is 15.2 Å². The molecule has 0 unspecified atom stereocenters. The van der Waals surface area contributed by atoms with E-state index in [1.165, 1.54) is 44.2 Å². The molecule has 4 aromatic rings. The average molecular weight is 416 g/mol. The van der Waals surface area contributed by atoms with E-state index < -0.39 is 0 Å². The molecule has 0 bridgehead atoms. The van der Waals surface area contributed by atoms with Gasteiger partial charge in [-0.25, -0.2) is 15.0 Å². The summed E-state index contributed by atoms with van der Waals surface area (Å²) in [5, 5.41) is 7.55. The van der Waals surface area contributed by atoms with Gasteiger partial charge in [0.15, 0.2) is 0 Å². The lowest BCUT2D eigenvalue weighted by molar-refractivity contribution is 0.509. The maximum Gasteiger partial charge on any atom is 0.275 e. The van der Waals surface area contributed by atoms with Crippen LogP contribution < -0.4 is 5.56 Å². The molecule has 9 heteroatoms. The van der Waals surface area contributed by atoms with Crippen molar-refractivity contribution in [3.05, 3.63) is 43.9 Å². The molecule has 138 valence electrons. The van der Waals surface area contributed by atoms with Crippen LogP contribution in [0.3, 0.4) is 0 Å². The van der Waals surface area contributed by atoms with Crippen molar-refractivity contribution in [3.8, 4) is 0 Å². The monoisotopic (exact) mass is 415 g/mol. The van der Waals surface area contributed by atoms with Gasteiger partial charge >= 0.3 is 0 Å². The lowest BCUT2D eigenvalue weighted by Crippen LogP contribution is -2.14. The fraction of sp³-hybridized carbons (Fsp3) is 0.389.